The number of hydrogen-bond donors (Lipinski definition) is 2. The van der Waals surface area contributed by atoms with Gasteiger partial charge in [0, 0.05) is 26.2 Å². The second-order valence-electron chi connectivity index (χ2n) is 4.84. The number of nitrogens with one attached hydrogen (secondary N) is 1. The van der Waals surface area contributed by atoms with Gasteiger partial charge in [-0.05, 0) is 17.7 Å². The van der Waals surface area contributed by atoms with Crippen LogP contribution in [0.4, 0.5) is 8.78 Å². The summed E-state index contributed by atoms with van der Waals surface area (Å²) in [6.07, 6.45) is -2.54. The van der Waals surface area contributed by atoms with Crippen LogP contribution in [0.5, 0.6) is 17.2 Å². The molecule has 0 radical (unpaired) electrons. The Hall–Kier alpha value is -1.02. The largest absolute Gasteiger partial charge is 0.502 e. The summed E-state index contributed by atoms with van der Waals surface area (Å²) >= 11 is 0. The SMILES string of the molecule is COc1cc([C@H](C(F)F)N2CCNCC2)cc(OC)c1O.Cl.Cl. The molecule has 0 amide bonds. The van der Waals surface area contributed by atoms with Crippen molar-refractivity contribution in [1.29, 1.82) is 0 Å². The first kappa shape index (κ1) is 22.0. The predicted octanol–water partition coefficient (Wildman–Crippen LogP) is 2.46. The minimum absolute atomic E-state index is 0. The quantitative estimate of drug-likeness (QED) is 0.828. The van der Waals surface area contributed by atoms with E-state index < -0.39 is 12.5 Å². The number of piperazine rings is 1. The van der Waals surface area contributed by atoms with E-state index in [2.05, 4.69) is 5.32 Å². The molecule has 2 rings (SSSR count). The maximum Gasteiger partial charge on any atom is 0.258 e. The van der Waals surface area contributed by atoms with Crippen molar-refractivity contribution in [2.45, 2.75) is 12.5 Å². The van der Waals surface area contributed by atoms with Crippen LogP contribution in [0.25, 0.3) is 0 Å². The second kappa shape index (κ2) is 9.97. The standard InChI is InChI=1S/C14H20F2N2O3.2ClH/c1-20-10-7-9(8-11(21-2)13(10)19)12(14(15)16)18-5-3-17-4-6-18;;/h7-8,12,14,17,19H,3-6H2,1-2H3;2*1H/t12-;;/m1../s1. The first-order chi connectivity index (χ1) is 10.1. The van der Waals surface area contributed by atoms with E-state index in [0.29, 0.717) is 31.7 Å². The zero-order valence-corrected chi connectivity index (χ0v) is 14.6. The van der Waals surface area contributed by atoms with E-state index in [1.54, 1.807) is 4.90 Å². The predicted molar refractivity (Wildman–Crippen MR) is 88.9 cm³/mol. The Bertz CT molecular complexity index is 464. The summed E-state index contributed by atoms with van der Waals surface area (Å²) in [6.45, 7) is 2.44. The van der Waals surface area contributed by atoms with E-state index >= 15 is 0 Å². The molecule has 9 heteroatoms. The summed E-state index contributed by atoms with van der Waals surface area (Å²) in [5.41, 5.74) is 0.374. The third-order valence-corrected chi connectivity index (χ3v) is 3.63. The van der Waals surface area contributed by atoms with Crippen LogP contribution in [-0.4, -0.2) is 56.8 Å². The highest BCUT2D eigenvalue weighted by Gasteiger charge is 2.31. The fourth-order valence-electron chi connectivity index (χ4n) is 2.56. The molecule has 0 spiro atoms. The van der Waals surface area contributed by atoms with Crippen LogP contribution in [0.2, 0.25) is 0 Å². The minimum atomic E-state index is -2.54. The Morgan fingerprint density at radius 2 is 1.57 bits per heavy atom. The second-order valence-corrected chi connectivity index (χ2v) is 4.84. The summed E-state index contributed by atoms with van der Waals surface area (Å²) in [4.78, 5) is 1.73. The molecule has 1 heterocycles. The molecule has 0 aromatic heterocycles. The van der Waals surface area contributed by atoms with Crippen molar-refractivity contribution in [3.63, 3.8) is 0 Å². The zero-order chi connectivity index (χ0) is 15.4. The highest BCUT2D eigenvalue weighted by Crippen LogP contribution is 2.41. The van der Waals surface area contributed by atoms with Crippen molar-refractivity contribution < 1.29 is 23.4 Å². The molecular weight excluding hydrogens is 353 g/mol. The number of hydrogen-bond acceptors (Lipinski definition) is 5. The van der Waals surface area contributed by atoms with Crippen LogP contribution < -0.4 is 14.8 Å². The number of benzene rings is 1. The van der Waals surface area contributed by atoms with Gasteiger partial charge in [-0.1, -0.05) is 0 Å². The van der Waals surface area contributed by atoms with Gasteiger partial charge in [-0.2, -0.15) is 0 Å². The minimum Gasteiger partial charge on any atom is -0.502 e. The number of rotatable bonds is 5. The Morgan fingerprint density at radius 1 is 1.09 bits per heavy atom. The first-order valence-corrected chi connectivity index (χ1v) is 6.76. The average molecular weight is 375 g/mol. The van der Waals surface area contributed by atoms with Gasteiger partial charge in [-0.25, -0.2) is 8.78 Å². The fourth-order valence-corrected chi connectivity index (χ4v) is 2.56. The number of ether oxygens (including phenoxy) is 2. The third-order valence-electron chi connectivity index (χ3n) is 3.63. The van der Waals surface area contributed by atoms with E-state index in [4.69, 9.17) is 9.47 Å². The molecule has 1 fully saturated rings. The van der Waals surface area contributed by atoms with Crippen molar-refractivity contribution in [1.82, 2.24) is 10.2 Å². The van der Waals surface area contributed by atoms with Gasteiger partial charge in [0.25, 0.3) is 6.43 Å². The van der Waals surface area contributed by atoms with Crippen LogP contribution >= 0.6 is 24.8 Å². The highest BCUT2D eigenvalue weighted by molar-refractivity contribution is 5.85. The lowest BCUT2D eigenvalue weighted by Crippen LogP contribution is -2.46. The molecule has 0 aliphatic carbocycles. The van der Waals surface area contributed by atoms with Crippen LogP contribution in [0.3, 0.4) is 0 Å². The molecule has 0 unspecified atom stereocenters. The molecule has 2 N–H and O–H groups in total. The molecular formula is C14H22Cl2F2N2O3. The van der Waals surface area contributed by atoms with E-state index in [1.807, 2.05) is 0 Å². The van der Waals surface area contributed by atoms with Crippen molar-refractivity contribution in [3.05, 3.63) is 17.7 Å². The molecule has 0 saturated carbocycles. The molecule has 0 bridgehead atoms. The van der Waals surface area contributed by atoms with Crippen LogP contribution in [0.15, 0.2) is 12.1 Å². The van der Waals surface area contributed by atoms with Crippen molar-refractivity contribution in [2.24, 2.45) is 0 Å². The lowest BCUT2D eigenvalue weighted by atomic mass is 10.0. The molecule has 1 aromatic rings. The number of aromatic hydroxyl groups is 1. The number of methoxy groups -OCH3 is 2. The number of halogens is 4. The molecule has 1 atom stereocenters. The lowest BCUT2D eigenvalue weighted by Gasteiger charge is -2.34. The van der Waals surface area contributed by atoms with Crippen LogP contribution in [0, 0.1) is 0 Å². The van der Waals surface area contributed by atoms with Gasteiger partial charge >= 0.3 is 0 Å². The normalized spacial score (nSPS) is 16.2. The maximum atomic E-state index is 13.5. The zero-order valence-electron chi connectivity index (χ0n) is 12.9. The number of nitrogens with zero attached hydrogens (tertiary/aromatic N) is 1. The Kier molecular flexibility index (Phi) is 9.53. The fraction of sp³-hybridized carbons (Fsp3) is 0.571. The van der Waals surface area contributed by atoms with Crippen molar-refractivity contribution >= 4 is 24.8 Å². The smallest absolute Gasteiger partial charge is 0.258 e. The average Bonchev–Trinajstić information content (AvgIpc) is 2.49. The van der Waals surface area contributed by atoms with E-state index in [1.165, 1.54) is 26.4 Å². The molecule has 23 heavy (non-hydrogen) atoms. The van der Waals surface area contributed by atoms with Gasteiger partial charge in [-0.15, -0.1) is 24.8 Å². The Morgan fingerprint density at radius 3 is 1.96 bits per heavy atom. The van der Waals surface area contributed by atoms with Gasteiger partial charge in [0.1, 0.15) is 0 Å². The van der Waals surface area contributed by atoms with E-state index in [0.717, 1.165) is 0 Å². The van der Waals surface area contributed by atoms with Gasteiger partial charge in [0.05, 0.1) is 20.3 Å². The van der Waals surface area contributed by atoms with Crippen LogP contribution in [-0.2, 0) is 0 Å². The molecule has 1 saturated heterocycles. The molecule has 1 aliphatic heterocycles. The summed E-state index contributed by atoms with van der Waals surface area (Å²) in [5, 5.41) is 13.0. The summed E-state index contributed by atoms with van der Waals surface area (Å²) in [5.74, 6) is 0.0762. The van der Waals surface area contributed by atoms with Gasteiger partial charge in [-0.3, -0.25) is 4.90 Å². The maximum absolute atomic E-state index is 13.5. The van der Waals surface area contributed by atoms with Crippen LogP contribution in [0.1, 0.15) is 11.6 Å². The molecule has 134 valence electrons. The van der Waals surface area contributed by atoms with E-state index in [9.17, 15) is 13.9 Å². The van der Waals surface area contributed by atoms with Crippen molar-refractivity contribution in [2.75, 3.05) is 40.4 Å². The topological polar surface area (TPSA) is 54.0 Å². The number of phenolic OH excluding ortho intramolecular Hbond substituents is 1. The third kappa shape index (κ3) is 4.97. The highest BCUT2D eigenvalue weighted by atomic mass is 35.5. The first-order valence-electron chi connectivity index (χ1n) is 6.76. The number of phenols is 1. The lowest BCUT2D eigenvalue weighted by molar-refractivity contribution is 0.0180. The monoisotopic (exact) mass is 374 g/mol. The number of alkyl halides is 2. The molecule has 1 aliphatic rings. The van der Waals surface area contributed by atoms with Gasteiger partial charge in [0.15, 0.2) is 11.5 Å². The summed E-state index contributed by atoms with van der Waals surface area (Å²) < 4.78 is 37.1. The van der Waals surface area contributed by atoms with Gasteiger partial charge in [0.2, 0.25) is 5.75 Å². The molecule has 5 nitrogen and oxygen atoms in total. The Labute approximate surface area is 146 Å². The Balaban J connectivity index is 0.00000242. The van der Waals surface area contributed by atoms with Gasteiger partial charge < -0.3 is 19.9 Å². The summed E-state index contributed by atoms with van der Waals surface area (Å²) in [7, 11) is 2.75. The van der Waals surface area contributed by atoms with Crippen molar-refractivity contribution in [3.8, 4) is 17.2 Å². The van der Waals surface area contributed by atoms with E-state index in [-0.39, 0.29) is 42.1 Å². The summed E-state index contributed by atoms with van der Waals surface area (Å²) in [6, 6.07) is 1.84. The molecule has 1 aromatic carbocycles.